The van der Waals surface area contributed by atoms with Crippen molar-refractivity contribution in [2.75, 3.05) is 29.1 Å². The number of allylic oxidation sites excluding steroid dienone is 1. The quantitative estimate of drug-likeness (QED) is 0.374. The Morgan fingerprint density at radius 3 is 2.35 bits per heavy atom. The number of carbonyl (C=O) groups excluding carboxylic acids is 1. The van der Waals surface area contributed by atoms with Gasteiger partial charge in [0, 0.05) is 24.5 Å². The molecule has 0 saturated heterocycles. The predicted molar refractivity (Wildman–Crippen MR) is 153 cm³/mol. The van der Waals surface area contributed by atoms with Gasteiger partial charge in [0.2, 0.25) is 5.91 Å². The Kier molecular flexibility index (Phi) is 8.49. The van der Waals surface area contributed by atoms with Gasteiger partial charge in [-0.3, -0.25) is 4.79 Å². The number of fused-ring (bicyclic) bond motifs is 1. The molecule has 0 unspecified atom stereocenters. The van der Waals surface area contributed by atoms with Gasteiger partial charge in [-0.2, -0.15) is 0 Å². The molecule has 1 N–H and O–H groups in total. The number of aryl methyl sites for hydroxylation is 1. The highest BCUT2D eigenvalue weighted by Gasteiger charge is 2.17. The molecule has 0 saturated carbocycles. The summed E-state index contributed by atoms with van der Waals surface area (Å²) < 4.78 is 23.9. The van der Waals surface area contributed by atoms with Crippen molar-refractivity contribution < 1.29 is 13.2 Å². The Morgan fingerprint density at radius 2 is 1.68 bits per heavy atom. The fourth-order valence-electron chi connectivity index (χ4n) is 4.71. The Morgan fingerprint density at radius 1 is 0.973 bits per heavy atom. The lowest BCUT2D eigenvalue weighted by Crippen LogP contribution is -2.31. The molecule has 0 aromatic heterocycles. The SMILES string of the molecule is CCS(=O)(=O)c1ccc(CC(=O)Nc2ccc(CCN3CCCc4ccc(C=C(C)C)cc43)cc2)cc1. The first-order chi connectivity index (χ1) is 17.7. The van der Waals surface area contributed by atoms with Crippen LogP contribution in [0.4, 0.5) is 11.4 Å². The van der Waals surface area contributed by atoms with Crippen LogP contribution in [0.2, 0.25) is 0 Å². The van der Waals surface area contributed by atoms with E-state index < -0.39 is 9.84 Å². The van der Waals surface area contributed by atoms with Gasteiger partial charge < -0.3 is 10.2 Å². The summed E-state index contributed by atoms with van der Waals surface area (Å²) in [6.07, 6.45) is 5.67. The zero-order valence-electron chi connectivity index (χ0n) is 22.0. The van der Waals surface area contributed by atoms with Crippen LogP contribution in [0.5, 0.6) is 0 Å². The Labute approximate surface area is 221 Å². The van der Waals surface area contributed by atoms with Crippen molar-refractivity contribution in [3.8, 4) is 0 Å². The van der Waals surface area contributed by atoms with Crippen molar-refractivity contribution in [1.29, 1.82) is 0 Å². The number of anilines is 2. The van der Waals surface area contributed by atoms with E-state index in [9.17, 15) is 13.2 Å². The topological polar surface area (TPSA) is 66.5 Å². The average molecular weight is 517 g/mol. The maximum atomic E-state index is 12.5. The largest absolute Gasteiger partial charge is 0.371 e. The van der Waals surface area contributed by atoms with Crippen molar-refractivity contribution in [3.63, 3.8) is 0 Å². The number of carbonyl (C=O) groups is 1. The van der Waals surface area contributed by atoms with Gasteiger partial charge in [0.05, 0.1) is 17.1 Å². The maximum absolute atomic E-state index is 12.5. The lowest BCUT2D eigenvalue weighted by molar-refractivity contribution is -0.115. The number of benzene rings is 3. The van der Waals surface area contributed by atoms with E-state index in [0.717, 1.165) is 37.2 Å². The molecule has 0 bridgehead atoms. The Balaban J connectivity index is 1.32. The third-order valence-electron chi connectivity index (χ3n) is 6.71. The standard InChI is InChI=1S/C31H36N2O3S/c1-4-37(35,36)29-15-10-25(11-16-29)22-31(34)32-28-13-8-24(9-14-28)17-19-33-18-5-6-27-12-7-26(20-23(2)3)21-30(27)33/h7-16,20-21H,4-6,17-19,22H2,1-3H3,(H,32,34). The number of nitrogens with zero attached hydrogens (tertiary/aromatic N) is 1. The van der Waals surface area contributed by atoms with Gasteiger partial charge in [0.15, 0.2) is 9.84 Å². The van der Waals surface area contributed by atoms with Crippen LogP contribution < -0.4 is 10.2 Å². The highest BCUT2D eigenvalue weighted by atomic mass is 32.2. The minimum absolute atomic E-state index is 0.0609. The van der Waals surface area contributed by atoms with Crippen LogP contribution >= 0.6 is 0 Å². The van der Waals surface area contributed by atoms with Crippen molar-refractivity contribution >= 4 is 33.2 Å². The van der Waals surface area contributed by atoms with E-state index in [1.807, 2.05) is 12.1 Å². The van der Waals surface area contributed by atoms with E-state index in [1.165, 1.54) is 34.4 Å². The van der Waals surface area contributed by atoms with E-state index in [2.05, 4.69) is 60.5 Å². The molecule has 0 radical (unpaired) electrons. The minimum atomic E-state index is -3.24. The van der Waals surface area contributed by atoms with E-state index in [0.29, 0.717) is 0 Å². The molecule has 37 heavy (non-hydrogen) atoms. The third kappa shape index (κ3) is 7.10. The van der Waals surface area contributed by atoms with Crippen LogP contribution in [-0.4, -0.2) is 33.2 Å². The summed E-state index contributed by atoms with van der Waals surface area (Å²) in [7, 11) is -3.24. The molecule has 1 aliphatic rings. The van der Waals surface area contributed by atoms with Gasteiger partial charge >= 0.3 is 0 Å². The number of hydrogen-bond acceptors (Lipinski definition) is 4. The molecule has 0 atom stereocenters. The van der Waals surface area contributed by atoms with Crippen LogP contribution in [0.25, 0.3) is 6.08 Å². The van der Waals surface area contributed by atoms with Crippen molar-refractivity contribution in [2.24, 2.45) is 0 Å². The van der Waals surface area contributed by atoms with E-state index in [4.69, 9.17) is 0 Å². The molecule has 6 heteroatoms. The second-order valence-corrected chi connectivity index (χ2v) is 12.2. The van der Waals surface area contributed by atoms with Gasteiger partial charge in [-0.25, -0.2) is 8.42 Å². The summed E-state index contributed by atoms with van der Waals surface area (Å²) in [4.78, 5) is 15.3. The van der Waals surface area contributed by atoms with E-state index in [1.54, 1.807) is 31.2 Å². The third-order valence-corrected chi connectivity index (χ3v) is 8.47. The van der Waals surface area contributed by atoms with E-state index in [-0.39, 0.29) is 23.0 Å². The van der Waals surface area contributed by atoms with Gasteiger partial charge in [-0.15, -0.1) is 0 Å². The first kappa shape index (κ1) is 26.7. The van der Waals surface area contributed by atoms with Crippen LogP contribution in [0, 0.1) is 0 Å². The zero-order valence-corrected chi connectivity index (χ0v) is 22.8. The fourth-order valence-corrected chi connectivity index (χ4v) is 5.60. The average Bonchev–Trinajstić information content (AvgIpc) is 2.88. The highest BCUT2D eigenvalue weighted by molar-refractivity contribution is 7.91. The molecule has 194 valence electrons. The van der Waals surface area contributed by atoms with Crippen molar-refractivity contribution in [3.05, 3.63) is 94.6 Å². The summed E-state index contributed by atoms with van der Waals surface area (Å²) >= 11 is 0. The zero-order chi connectivity index (χ0) is 26.4. The first-order valence-electron chi connectivity index (χ1n) is 13.0. The molecular weight excluding hydrogens is 480 g/mol. The number of rotatable bonds is 9. The molecule has 0 spiro atoms. The Hall–Kier alpha value is -3.38. The molecule has 1 aliphatic heterocycles. The number of amides is 1. The summed E-state index contributed by atoms with van der Waals surface area (Å²) in [6.45, 7) is 7.91. The van der Waals surface area contributed by atoms with Crippen LogP contribution in [-0.2, 0) is 33.9 Å². The van der Waals surface area contributed by atoms with Crippen LogP contribution in [0.15, 0.2) is 77.2 Å². The predicted octanol–water partition coefficient (Wildman–Crippen LogP) is 6.08. The molecule has 3 aromatic rings. The smallest absolute Gasteiger partial charge is 0.228 e. The monoisotopic (exact) mass is 516 g/mol. The molecule has 1 heterocycles. The lowest BCUT2D eigenvalue weighted by Gasteiger charge is -2.32. The minimum Gasteiger partial charge on any atom is -0.371 e. The number of nitrogens with one attached hydrogen (secondary N) is 1. The highest BCUT2D eigenvalue weighted by Crippen LogP contribution is 2.29. The van der Waals surface area contributed by atoms with Crippen LogP contribution in [0.3, 0.4) is 0 Å². The number of sulfone groups is 1. The Bertz CT molecular complexity index is 1370. The normalized spacial score (nSPS) is 13.1. The van der Waals surface area contributed by atoms with Gasteiger partial charge in [-0.1, -0.05) is 55.0 Å². The summed E-state index contributed by atoms with van der Waals surface area (Å²) in [5.41, 5.74) is 8.11. The fraction of sp³-hybridized carbons (Fsp3) is 0.323. The first-order valence-corrected chi connectivity index (χ1v) is 14.6. The summed E-state index contributed by atoms with van der Waals surface area (Å²) in [6, 6.07) is 21.4. The van der Waals surface area contributed by atoms with Crippen molar-refractivity contribution in [1.82, 2.24) is 0 Å². The molecule has 0 aliphatic carbocycles. The molecule has 5 nitrogen and oxygen atoms in total. The second-order valence-electron chi connectivity index (χ2n) is 9.92. The van der Waals surface area contributed by atoms with Gasteiger partial charge in [0.1, 0.15) is 0 Å². The molecule has 0 fully saturated rings. The molecular formula is C31H36N2O3S. The van der Waals surface area contributed by atoms with Gasteiger partial charge in [-0.05, 0) is 85.7 Å². The van der Waals surface area contributed by atoms with Crippen molar-refractivity contribution in [2.45, 2.75) is 51.3 Å². The second kappa shape index (κ2) is 11.8. The maximum Gasteiger partial charge on any atom is 0.228 e. The van der Waals surface area contributed by atoms with Crippen LogP contribution in [0.1, 0.15) is 49.4 Å². The molecule has 1 amide bonds. The lowest BCUT2D eigenvalue weighted by atomic mass is 9.98. The summed E-state index contributed by atoms with van der Waals surface area (Å²) in [5.74, 6) is -0.0679. The number of hydrogen-bond donors (Lipinski definition) is 1. The van der Waals surface area contributed by atoms with E-state index >= 15 is 0 Å². The van der Waals surface area contributed by atoms with Gasteiger partial charge in [0.25, 0.3) is 0 Å². The molecule has 4 rings (SSSR count). The summed E-state index contributed by atoms with van der Waals surface area (Å²) in [5, 5.41) is 2.94. The molecule has 3 aromatic carbocycles.